The first-order valence-corrected chi connectivity index (χ1v) is 11.3. The number of hydrogen-bond donors (Lipinski definition) is 2. The van der Waals surface area contributed by atoms with Crippen LogP contribution in [-0.2, 0) is 4.79 Å². The highest BCUT2D eigenvalue weighted by Gasteiger charge is 2.15. The van der Waals surface area contributed by atoms with Crippen molar-refractivity contribution in [3.05, 3.63) is 64.7 Å². The van der Waals surface area contributed by atoms with Gasteiger partial charge in [-0.05, 0) is 69.0 Å². The van der Waals surface area contributed by atoms with E-state index in [0.29, 0.717) is 29.6 Å². The standard InChI is InChI=1S/C13H15N.C10H11NO2.C4H11N/c14-10-11-5-4-8-13(9-11)12-6-2-1-3-7-12;1-7-3-4-9(8(2)13)5-10(7)11-6-12;1-4(2)5-3/h4-5,8-9,12H,1-3,6-7H2;3-6H,1-2H3,(H,11,12);4-5H,1-3H3. The number of anilines is 1. The van der Waals surface area contributed by atoms with E-state index in [1.54, 1.807) is 12.1 Å². The van der Waals surface area contributed by atoms with Crippen LogP contribution in [0.25, 0.3) is 0 Å². The first-order valence-electron chi connectivity index (χ1n) is 11.3. The van der Waals surface area contributed by atoms with Crippen LogP contribution in [0.4, 0.5) is 5.69 Å². The van der Waals surface area contributed by atoms with Gasteiger partial charge in [-0.15, -0.1) is 0 Å². The lowest BCUT2D eigenvalue weighted by molar-refractivity contribution is -0.105. The monoisotopic (exact) mass is 435 g/mol. The summed E-state index contributed by atoms with van der Waals surface area (Å²) in [5.41, 5.74) is 4.39. The van der Waals surface area contributed by atoms with Gasteiger partial charge in [-0.25, -0.2) is 0 Å². The first kappa shape index (κ1) is 27.1. The Labute approximate surface area is 193 Å². The van der Waals surface area contributed by atoms with Crippen molar-refractivity contribution in [3.8, 4) is 6.07 Å². The first-order chi connectivity index (χ1) is 15.3. The molecule has 1 aliphatic rings. The third kappa shape index (κ3) is 9.89. The molecule has 1 aliphatic carbocycles. The fourth-order valence-corrected chi connectivity index (χ4v) is 3.36. The van der Waals surface area contributed by atoms with Gasteiger partial charge in [0.2, 0.25) is 6.41 Å². The lowest BCUT2D eigenvalue weighted by atomic mass is 9.84. The summed E-state index contributed by atoms with van der Waals surface area (Å²) in [5, 5.41) is 14.4. The van der Waals surface area contributed by atoms with Crippen molar-refractivity contribution in [3.63, 3.8) is 0 Å². The molecular weight excluding hydrogens is 398 g/mol. The summed E-state index contributed by atoms with van der Waals surface area (Å²) in [7, 11) is 1.95. The fourth-order valence-electron chi connectivity index (χ4n) is 3.36. The van der Waals surface area contributed by atoms with E-state index >= 15 is 0 Å². The summed E-state index contributed by atoms with van der Waals surface area (Å²) in [4.78, 5) is 21.2. The van der Waals surface area contributed by atoms with Crippen molar-refractivity contribution < 1.29 is 9.59 Å². The SMILES string of the molecule is CC(=O)c1ccc(C)c(NC=O)c1.CNC(C)C.N#Cc1cccc(C2CCCCC2)c1. The summed E-state index contributed by atoms with van der Waals surface area (Å²) in [6, 6.07) is 16.2. The van der Waals surface area contributed by atoms with Crippen molar-refractivity contribution in [2.24, 2.45) is 0 Å². The van der Waals surface area contributed by atoms with Gasteiger partial charge in [-0.2, -0.15) is 5.26 Å². The van der Waals surface area contributed by atoms with Crippen LogP contribution in [-0.4, -0.2) is 25.3 Å². The quantitative estimate of drug-likeness (QED) is 0.447. The minimum absolute atomic E-state index is 0.00560. The summed E-state index contributed by atoms with van der Waals surface area (Å²) >= 11 is 0. The Morgan fingerprint density at radius 1 is 1.12 bits per heavy atom. The zero-order valence-corrected chi connectivity index (χ0v) is 20.1. The van der Waals surface area contributed by atoms with Gasteiger partial charge in [-0.3, -0.25) is 9.59 Å². The number of carbonyl (C=O) groups is 2. The maximum atomic E-state index is 11.0. The number of nitrogens with one attached hydrogen (secondary N) is 2. The van der Waals surface area contributed by atoms with E-state index in [9.17, 15) is 9.59 Å². The maximum absolute atomic E-state index is 11.0. The Morgan fingerprint density at radius 3 is 2.31 bits per heavy atom. The van der Waals surface area contributed by atoms with E-state index in [-0.39, 0.29) is 5.78 Å². The largest absolute Gasteiger partial charge is 0.328 e. The molecule has 0 aromatic heterocycles. The molecule has 32 heavy (non-hydrogen) atoms. The second-order valence-corrected chi connectivity index (χ2v) is 8.36. The molecule has 172 valence electrons. The average Bonchev–Trinajstić information content (AvgIpc) is 2.82. The molecule has 1 amide bonds. The van der Waals surface area contributed by atoms with Gasteiger partial charge in [0, 0.05) is 17.3 Å². The highest BCUT2D eigenvalue weighted by Crippen LogP contribution is 2.32. The Hall–Kier alpha value is -2.97. The van der Waals surface area contributed by atoms with Gasteiger partial charge < -0.3 is 10.6 Å². The number of aryl methyl sites for hydroxylation is 1. The molecule has 2 N–H and O–H groups in total. The zero-order valence-electron chi connectivity index (χ0n) is 20.1. The van der Waals surface area contributed by atoms with Gasteiger partial charge in [0.25, 0.3) is 0 Å². The Bertz CT molecular complexity index is 894. The molecular formula is C27H37N3O2. The molecule has 3 rings (SSSR count). The number of rotatable bonds is 5. The van der Waals surface area contributed by atoms with Gasteiger partial charge in [0.05, 0.1) is 11.6 Å². The van der Waals surface area contributed by atoms with Crippen LogP contribution >= 0.6 is 0 Å². The Balaban J connectivity index is 0.000000267. The van der Waals surface area contributed by atoms with Crippen LogP contribution in [0.5, 0.6) is 0 Å². The van der Waals surface area contributed by atoms with Crippen LogP contribution in [0.2, 0.25) is 0 Å². The molecule has 1 fully saturated rings. The number of ketones is 1. The predicted octanol–water partition coefficient (Wildman–Crippen LogP) is 5.99. The topological polar surface area (TPSA) is 82.0 Å². The van der Waals surface area contributed by atoms with Gasteiger partial charge in [0.15, 0.2) is 5.78 Å². The Morgan fingerprint density at radius 2 is 1.78 bits per heavy atom. The minimum Gasteiger partial charge on any atom is -0.328 e. The molecule has 5 nitrogen and oxygen atoms in total. The molecule has 0 saturated heterocycles. The molecule has 0 unspecified atom stereocenters. The van der Waals surface area contributed by atoms with E-state index in [4.69, 9.17) is 5.26 Å². The number of Topliss-reactive ketones (excluding diaryl/α,β-unsaturated/α-hetero) is 1. The highest BCUT2D eigenvalue weighted by atomic mass is 16.1. The highest BCUT2D eigenvalue weighted by molar-refractivity contribution is 5.95. The number of amides is 1. The van der Waals surface area contributed by atoms with Crippen LogP contribution in [0.3, 0.4) is 0 Å². The number of hydrogen-bond acceptors (Lipinski definition) is 4. The lowest BCUT2D eigenvalue weighted by Gasteiger charge is -2.21. The number of carbonyl (C=O) groups excluding carboxylic acids is 2. The lowest BCUT2D eigenvalue weighted by Crippen LogP contribution is -2.15. The third-order valence-corrected chi connectivity index (χ3v) is 5.53. The number of nitriles is 1. The maximum Gasteiger partial charge on any atom is 0.211 e. The van der Waals surface area contributed by atoms with Crippen LogP contribution in [0.1, 0.15) is 85.8 Å². The molecule has 0 heterocycles. The van der Waals surface area contributed by atoms with E-state index < -0.39 is 0 Å². The van der Waals surface area contributed by atoms with Crippen molar-refractivity contribution in [2.75, 3.05) is 12.4 Å². The molecule has 2 aromatic rings. The minimum atomic E-state index is -0.00560. The van der Waals surface area contributed by atoms with Crippen molar-refractivity contribution >= 4 is 17.9 Å². The number of nitrogens with zero attached hydrogens (tertiary/aromatic N) is 1. The summed E-state index contributed by atoms with van der Waals surface area (Å²) in [5.74, 6) is 0.700. The van der Waals surface area contributed by atoms with Crippen LogP contribution in [0, 0.1) is 18.3 Å². The molecule has 0 spiro atoms. The van der Waals surface area contributed by atoms with Gasteiger partial charge in [-0.1, -0.05) is 57.4 Å². The van der Waals surface area contributed by atoms with Crippen molar-refractivity contribution in [2.45, 2.75) is 71.8 Å². The van der Waals surface area contributed by atoms with Crippen LogP contribution < -0.4 is 10.6 Å². The van der Waals surface area contributed by atoms with Crippen molar-refractivity contribution in [1.82, 2.24) is 5.32 Å². The average molecular weight is 436 g/mol. The Kier molecular flexibility index (Phi) is 12.6. The van der Waals surface area contributed by atoms with Gasteiger partial charge >= 0.3 is 0 Å². The molecule has 0 aliphatic heterocycles. The molecule has 1 saturated carbocycles. The second kappa shape index (κ2) is 14.9. The molecule has 0 radical (unpaired) electrons. The van der Waals surface area contributed by atoms with Gasteiger partial charge in [0.1, 0.15) is 0 Å². The number of benzene rings is 2. The molecule has 5 heteroatoms. The van der Waals surface area contributed by atoms with E-state index in [0.717, 1.165) is 11.1 Å². The van der Waals surface area contributed by atoms with E-state index in [2.05, 4.69) is 42.7 Å². The van der Waals surface area contributed by atoms with Crippen molar-refractivity contribution in [1.29, 1.82) is 5.26 Å². The summed E-state index contributed by atoms with van der Waals surface area (Å²) in [6.07, 6.45) is 7.29. The summed E-state index contributed by atoms with van der Waals surface area (Å²) < 4.78 is 0. The van der Waals surface area contributed by atoms with E-state index in [1.807, 2.05) is 32.2 Å². The normalized spacial score (nSPS) is 13.0. The molecule has 2 aromatic carbocycles. The summed E-state index contributed by atoms with van der Waals surface area (Å²) in [6.45, 7) is 7.59. The predicted molar refractivity (Wildman–Crippen MR) is 132 cm³/mol. The van der Waals surface area contributed by atoms with E-state index in [1.165, 1.54) is 44.6 Å². The second-order valence-electron chi connectivity index (χ2n) is 8.36. The third-order valence-electron chi connectivity index (χ3n) is 5.53. The fraction of sp³-hybridized carbons (Fsp3) is 0.444. The zero-order chi connectivity index (χ0) is 23.9. The molecule has 0 bridgehead atoms. The molecule has 0 atom stereocenters. The van der Waals surface area contributed by atoms with Crippen LogP contribution in [0.15, 0.2) is 42.5 Å². The smallest absolute Gasteiger partial charge is 0.211 e.